The zero-order chi connectivity index (χ0) is 18.4. The molecule has 130 valence electrons. The number of hydrogen-bond acceptors (Lipinski definition) is 5. The molecule has 0 bridgehead atoms. The minimum Gasteiger partial charge on any atom is -0.313 e. The molecule has 3 aromatic rings. The Labute approximate surface area is 151 Å². The first-order chi connectivity index (χ1) is 12.7. The second-order valence-electron chi connectivity index (χ2n) is 5.67. The number of aryl methyl sites for hydroxylation is 1. The second kappa shape index (κ2) is 8.11. The third-order valence-electron chi connectivity index (χ3n) is 3.89. The maximum atomic E-state index is 12.4. The predicted molar refractivity (Wildman–Crippen MR) is 103 cm³/mol. The van der Waals surface area contributed by atoms with E-state index in [1.165, 1.54) is 17.8 Å². The minimum atomic E-state index is -0.220. The summed E-state index contributed by atoms with van der Waals surface area (Å²) in [7, 11) is 0. The summed E-state index contributed by atoms with van der Waals surface area (Å²) in [4.78, 5) is 20.8. The van der Waals surface area contributed by atoms with Gasteiger partial charge in [-0.1, -0.05) is 19.1 Å². The molecule has 1 N–H and O–H groups in total. The zero-order valence-corrected chi connectivity index (χ0v) is 14.5. The van der Waals surface area contributed by atoms with E-state index >= 15 is 0 Å². The molecule has 0 amide bonds. The lowest BCUT2D eigenvalue weighted by molar-refractivity contribution is 0.825. The number of hydrogen-bond donors (Lipinski definition) is 1. The van der Waals surface area contributed by atoms with Crippen molar-refractivity contribution >= 4 is 17.6 Å². The van der Waals surface area contributed by atoms with Gasteiger partial charge in [-0.05, 0) is 36.2 Å². The largest absolute Gasteiger partial charge is 0.313 e. The highest BCUT2D eigenvalue weighted by atomic mass is 16.1. The quantitative estimate of drug-likeness (QED) is 0.695. The monoisotopic (exact) mass is 345 g/mol. The summed E-state index contributed by atoms with van der Waals surface area (Å²) in [5.74, 6) is 0. The maximum Gasteiger partial charge on any atom is 0.209 e. The smallest absolute Gasteiger partial charge is 0.209 e. The summed E-state index contributed by atoms with van der Waals surface area (Å²) in [5.41, 5.74) is 3.22. The van der Waals surface area contributed by atoms with Crippen LogP contribution in [0.4, 0.5) is 5.69 Å². The molecule has 0 radical (unpaired) electrons. The standard InChI is InChI=1S/C20H19N5O/c1-2-15-4-3-5-17(14-15)25-13-9-19(26)20(24-25)18(6-10-21)23-16-7-11-22-12-8-16/h3-5,7-14,21H,2,6H2,1H3. The van der Waals surface area contributed by atoms with Gasteiger partial charge in [-0.15, -0.1) is 0 Å². The second-order valence-corrected chi connectivity index (χ2v) is 5.67. The van der Waals surface area contributed by atoms with Gasteiger partial charge in [0.2, 0.25) is 5.43 Å². The molecule has 0 aliphatic carbocycles. The van der Waals surface area contributed by atoms with Crippen LogP contribution in [0.3, 0.4) is 0 Å². The molecule has 0 saturated carbocycles. The highest BCUT2D eigenvalue weighted by molar-refractivity contribution is 6.06. The fourth-order valence-electron chi connectivity index (χ4n) is 2.54. The molecule has 26 heavy (non-hydrogen) atoms. The number of nitrogens with one attached hydrogen (secondary N) is 1. The Kier molecular flexibility index (Phi) is 5.43. The summed E-state index contributed by atoms with van der Waals surface area (Å²) in [6, 6.07) is 13.0. The van der Waals surface area contributed by atoms with E-state index in [-0.39, 0.29) is 17.5 Å². The van der Waals surface area contributed by atoms with Gasteiger partial charge >= 0.3 is 0 Å². The van der Waals surface area contributed by atoms with Crippen molar-refractivity contribution in [1.29, 1.82) is 5.41 Å². The SMILES string of the molecule is CCc1cccc(-n2ccc(=O)c(C(CC=N)=Nc3ccncc3)n2)c1. The van der Waals surface area contributed by atoms with Gasteiger partial charge in [0.1, 0.15) is 0 Å². The Hall–Kier alpha value is -3.41. The van der Waals surface area contributed by atoms with Crippen LogP contribution < -0.4 is 5.43 Å². The zero-order valence-electron chi connectivity index (χ0n) is 14.5. The molecule has 0 saturated heterocycles. The van der Waals surface area contributed by atoms with E-state index in [1.807, 2.05) is 18.2 Å². The Morgan fingerprint density at radius 2 is 2.04 bits per heavy atom. The molecule has 0 atom stereocenters. The normalized spacial score (nSPS) is 11.3. The van der Waals surface area contributed by atoms with Crippen LogP contribution in [0.5, 0.6) is 0 Å². The van der Waals surface area contributed by atoms with Gasteiger partial charge in [-0.2, -0.15) is 5.10 Å². The number of benzene rings is 1. The third-order valence-corrected chi connectivity index (χ3v) is 3.89. The van der Waals surface area contributed by atoms with Crippen LogP contribution in [0, 0.1) is 5.41 Å². The molecular weight excluding hydrogens is 326 g/mol. The summed E-state index contributed by atoms with van der Waals surface area (Å²) in [5, 5.41) is 11.9. The summed E-state index contributed by atoms with van der Waals surface area (Å²) in [6.45, 7) is 2.09. The maximum absolute atomic E-state index is 12.4. The number of rotatable bonds is 6. The molecule has 6 heteroatoms. The third kappa shape index (κ3) is 3.97. The van der Waals surface area contributed by atoms with Gasteiger partial charge in [-0.25, -0.2) is 4.68 Å². The van der Waals surface area contributed by atoms with Crippen LogP contribution in [0.1, 0.15) is 24.6 Å². The molecular formula is C20H19N5O. The highest BCUT2D eigenvalue weighted by Gasteiger charge is 2.11. The van der Waals surface area contributed by atoms with Crippen LogP contribution >= 0.6 is 0 Å². The first-order valence-corrected chi connectivity index (χ1v) is 8.37. The van der Waals surface area contributed by atoms with Crippen molar-refractivity contribution in [3.05, 3.63) is 82.5 Å². The summed E-state index contributed by atoms with van der Waals surface area (Å²) in [6.07, 6.45) is 7.28. The minimum absolute atomic E-state index is 0.220. The topological polar surface area (TPSA) is 84.0 Å². The van der Waals surface area contributed by atoms with Crippen LogP contribution in [0.15, 0.2) is 70.8 Å². The summed E-state index contributed by atoms with van der Waals surface area (Å²) < 4.78 is 1.67. The Bertz CT molecular complexity index is 992. The van der Waals surface area contributed by atoms with Crippen molar-refractivity contribution in [1.82, 2.24) is 14.8 Å². The van der Waals surface area contributed by atoms with Crippen molar-refractivity contribution in [2.75, 3.05) is 0 Å². The highest BCUT2D eigenvalue weighted by Crippen LogP contribution is 2.13. The van der Waals surface area contributed by atoms with Gasteiger partial charge in [0.15, 0.2) is 5.69 Å². The molecule has 2 aromatic heterocycles. The van der Waals surface area contributed by atoms with Crippen molar-refractivity contribution in [3.8, 4) is 5.69 Å². The molecule has 1 aromatic carbocycles. The molecule has 0 fully saturated rings. The lowest BCUT2D eigenvalue weighted by Crippen LogP contribution is -2.21. The van der Waals surface area contributed by atoms with Gasteiger partial charge in [0, 0.05) is 37.3 Å². The van der Waals surface area contributed by atoms with Crippen LogP contribution in [0.25, 0.3) is 5.69 Å². The fraction of sp³-hybridized carbons (Fsp3) is 0.150. The van der Waals surface area contributed by atoms with E-state index in [2.05, 4.69) is 28.1 Å². The molecule has 0 aliphatic heterocycles. The number of pyridine rings is 1. The van der Waals surface area contributed by atoms with Crippen LogP contribution in [-0.4, -0.2) is 26.7 Å². The molecule has 6 nitrogen and oxygen atoms in total. The van der Waals surface area contributed by atoms with E-state index in [0.717, 1.165) is 12.1 Å². The van der Waals surface area contributed by atoms with E-state index in [9.17, 15) is 4.79 Å². The van der Waals surface area contributed by atoms with Gasteiger partial charge < -0.3 is 5.41 Å². The van der Waals surface area contributed by atoms with Crippen molar-refractivity contribution in [2.45, 2.75) is 19.8 Å². The molecule has 3 rings (SSSR count). The average molecular weight is 345 g/mol. The average Bonchev–Trinajstić information content (AvgIpc) is 2.69. The first kappa shape index (κ1) is 17.4. The summed E-state index contributed by atoms with van der Waals surface area (Å²) >= 11 is 0. The first-order valence-electron chi connectivity index (χ1n) is 8.37. The van der Waals surface area contributed by atoms with Crippen molar-refractivity contribution in [2.24, 2.45) is 4.99 Å². The number of nitrogens with zero attached hydrogens (tertiary/aromatic N) is 4. The van der Waals surface area contributed by atoms with Gasteiger partial charge in [-0.3, -0.25) is 14.8 Å². The molecule has 0 aliphatic rings. The number of aromatic nitrogens is 3. The predicted octanol–water partition coefficient (Wildman–Crippen LogP) is 3.35. The van der Waals surface area contributed by atoms with Crippen molar-refractivity contribution in [3.63, 3.8) is 0 Å². The van der Waals surface area contributed by atoms with Crippen LogP contribution in [-0.2, 0) is 6.42 Å². The lowest BCUT2D eigenvalue weighted by atomic mass is 10.1. The number of aliphatic imine (C=N–C) groups is 1. The van der Waals surface area contributed by atoms with Gasteiger partial charge in [0.25, 0.3) is 0 Å². The van der Waals surface area contributed by atoms with E-state index in [1.54, 1.807) is 35.4 Å². The van der Waals surface area contributed by atoms with E-state index < -0.39 is 0 Å². The fourth-order valence-corrected chi connectivity index (χ4v) is 2.54. The van der Waals surface area contributed by atoms with E-state index in [0.29, 0.717) is 11.4 Å². The molecule has 2 heterocycles. The van der Waals surface area contributed by atoms with Gasteiger partial charge in [0.05, 0.1) is 17.1 Å². The van der Waals surface area contributed by atoms with Crippen molar-refractivity contribution < 1.29 is 0 Å². The van der Waals surface area contributed by atoms with E-state index in [4.69, 9.17) is 5.41 Å². The lowest BCUT2D eigenvalue weighted by Gasteiger charge is -2.09. The molecule has 0 spiro atoms. The van der Waals surface area contributed by atoms with Crippen LogP contribution in [0.2, 0.25) is 0 Å². The Morgan fingerprint density at radius 1 is 1.23 bits per heavy atom. The Balaban J connectivity index is 2.09. The Morgan fingerprint density at radius 3 is 2.77 bits per heavy atom. The molecule has 0 unspecified atom stereocenters.